The van der Waals surface area contributed by atoms with Gasteiger partial charge in [-0.25, -0.2) is 8.42 Å². The molecular weight excluding hydrogens is 318 g/mol. The molecule has 0 bridgehead atoms. The highest BCUT2D eigenvalue weighted by atomic mass is 32.2. The van der Waals surface area contributed by atoms with Crippen LogP contribution in [0, 0.1) is 0 Å². The molecule has 23 heavy (non-hydrogen) atoms. The van der Waals surface area contributed by atoms with Gasteiger partial charge in [-0.15, -0.1) is 0 Å². The molecule has 0 aliphatic carbocycles. The van der Waals surface area contributed by atoms with Crippen LogP contribution < -0.4 is 0 Å². The molecule has 2 aromatic rings. The number of hydrogen-bond acceptors (Lipinski definition) is 4. The number of carboxylic acids is 1. The lowest BCUT2D eigenvalue weighted by atomic mass is 10.1. The van der Waals surface area contributed by atoms with Crippen molar-refractivity contribution in [1.29, 1.82) is 0 Å². The Hall–Kier alpha value is -1.96. The molecule has 0 fully saturated rings. The van der Waals surface area contributed by atoms with E-state index in [-0.39, 0.29) is 11.3 Å². The average molecular weight is 339 g/mol. The minimum Gasteiger partial charge on any atom is -0.744 e. The SMILES string of the molecule is C[N+](C)(C)C.O=C(O)Cc1ccc2cc(S(=O)(=O)[O-])ccc2c1. The third-order valence-electron chi connectivity index (χ3n) is 2.52. The summed E-state index contributed by atoms with van der Waals surface area (Å²) in [5.74, 6) is -0.937. The fourth-order valence-electron chi connectivity index (χ4n) is 1.71. The fourth-order valence-corrected chi connectivity index (χ4v) is 2.22. The summed E-state index contributed by atoms with van der Waals surface area (Å²) in [6.07, 6.45) is -0.0997. The first-order chi connectivity index (χ1) is 10.4. The third-order valence-corrected chi connectivity index (χ3v) is 3.35. The number of benzene rings is 2. The van der Waals surface area contributed by atoms with Crippen LogP contribution in [0.1, 0.15) is 5.56 Å². The van der Waals surface area contributed by atoms with Gasteiger partial charge in [0.1, 0.15) is 10.1 Å². The molecule has 0 spiro atoms. The maximum absolute atomic E-state index is 10.9. The number of aliphatic carboxylic acids is 1. The zero-order valence-electron chi connectivity index (χ0n) is 13.6. The Bertz CT molecular complexity index is 801. The van der Waals surface area contributed by atoms with E-state index in [2.05, 4.69) is 28.2 Å². The molecular formula is C16H21NO5S. The number of fused-ring (bicyclic) bond motifs is 1. The van der Waals surface area contributed by atoms with E-state index >= 15 is 0 Å². The molecule has 0 atom stereocenters. The number of nitrogens with zero attached hydrogens (tertiary/aromatic N) is 1. The first-order valence-electron chi connectivity index (χ1n) is 6.85. The van der Waals surface area contributed by atoms with E-state index in [1.54, 1.807) is 18.2 Å². The van der Waals surface area contributed by atoms with Crippen LogP contribution in [0.5, 0.6) is 0 Å². The Balaban J connectivity index is 0.000000463. The van der Waals surface area contributed by atoms with Crippen LogP contribution in [0.4, 0.5) is 0 Å². The Labute approximate surface area is 136 Å². The summed E-state index contributed by atoms with van der Waals surface area (Å²) in [4.78, 5) is 10.3. The smallest absolute Gasteiger partial charge is 0.307 e. The first-order valence-corrected chi connectivity index (χ1v) is 8.26. The van der Waals surface area contributed by atoms with E-state index in [1.807, 2.05) is 0 Å². The molecule has 2 rings (SSSR count). The quantitative estimate of drug-likeness (QED) is 0.678. The molecule has 0 aliphatic heterocycles. The van der Waals surface area contributed by atoms with E-state index in [0.29, 0.717) is 16.3 Å². The number of carbonyl (C=O) groups is 1. The molecule has 6 nitrogen and oxygen atoms in total. The zero-order valence-corrected chi connectivity index (χ0v) is 14.4. The van der Waals surface area contributed by atoms with Gasteiger partial charge >= 0.3 is 5.97 Å². The monoisotopic (exact) mass is 339 g/mol. The van der Waals surface area contributed by atoms with Crippen LogP contribution in [-0.4, -0.2) is 56.7 Å². The first kappa shape index (κ1) is 19.1. The lowest BCUT2D eigenvalue weighted by Gasteiger charge is -2.14. The molecule has 2 aromatic carbocycles. The van der Waals surface area contributed by atoms with Gasteiger partial charge in [-0.1, -0.05) is 24.3 Å². The number of hydrogen-bond donors (Lipinski definition) is 1. The summed E-state index contributed by atoms with van der Waals surface area (Å²) in [6, 6.07) is 8.84. The average Bonchev–Trinajstić information content (AvgIpc) is 2.34. The molecule has 0 aromatic heterocycles. The maximum atomic E-state index is 10.9. The Morgan fingerprint density at radius 3 is 2.00 bits per heavy atom. The molecule has 126 valence electrons. The number of rotatable bonds is 3. The van der Waals surface area contributed by atoms with Crippen molar-refractivity contribution in [2.24, 2.45) is 0 Å². The normalized spacial score (nSPS) is 11.7. The van der Waals surface area contributed by atoms with Crippen LogP contribution >= 0.6 is 0 Å². The molecule has 0 saturated carbocycles. The van der Waals surface area contributed by atoms with Gasteiger partial charge in [0.25, 0.3) is 0 Å². The largest absolute Gasteiger partial charge is 0.744 e. The van der Waals surface area contributed by atoms with Gasteiger partial charge in [0, 0.05) is 0 Å². The fraction of sp³-hybridized carbons (Fsp3) is 0.312. The second-order valence-corrected chi connectivity index (χ2v) is 7.93. The molecule has 0 heterocycles. The lowest BCUT2D eigenvalue weighted by molar-refractivity contribution is -0.849. The topological polar surface area (TPSA) is 94.5 Å². The number of carboxylic acid groups (broad SMARTS) is 1. The van der Waals surface area contributed by atoms with Gasteiger partial charge in [0.15, 0.2) is 0 Å². The lowest BCUT2D eigenvalue weighted by Crippen LogP contribution is -2.27. The van der Waals surface area contributed by atoms with Gasteiger partial charge in [-0.05, 0) is 28.5 Å². The summed E-state index contributed by atoms with van der Waals surface area (Å²) in [5.41, 5.74) is 0.618. The summed E-state index contributed by atoms with van der Waals surface area (Å²) in [6.45, 7) is 0. The van der Waals surface area contributed by atoms with Gasteiger partial charge in [0.2, 0.25) is 0 Å². The highest BCUT2D eigenvalue weighted by Gasteiger charge is 2.05. The minimum absolute atomic E-state index is 0.0997. The van der Waals surface area contributed by atoms with Crippen molar-refractivity contribution < 1.29 is 27.4 Å². The summed E-state index contributed by atoms with van der Waals surface area (Å²) >= 11 is 0. The standard InChI is InChI=1S/C12H10O5S.C4H12N/c13-12(14)6-8-1-2-10-7-11(18(15,16)17)4-3-9(10)5-8;1-5(2,3)4/h1-5,7H,6H2,(H,13,14)(H,15,16,17);1-4H3/q;+1/p-1. The molecule has 0 radical (unpaired) electrons. The van der Waals surface area contributed by atoms with E-state index in [9.17, 15) is 17.8 Å². The van der Waals surface area contributed by atoms with Crippen molar-refractivity contribution >= 4 is 26.9 Å². The molecule has 0 amide bonds. The van der Waals surface area contributed by atoms with Crippen molar-refractivity contribution in [3.8, 4) is 0 Å². The van der Waals surface area contributed by atoms with Crippen molar-refractivity contribution in [3.05, 3.63) is 42.0 Å². The van der Waals surface area contributed by atoms with Crippen molar-refractivity contribution in [1.82, 2.24) is 0 Å². The second kappa shape index (κ2) is 7.08. The molecule has 0 unspecified atom stereocenters. The summed E-state index contributed by atoms with van der Waals surface area (Å²) in [5, 5.41) is 9.95. The van der Waals surface area contributed by atoms with E-state index in [1.165, 1.54) is 18.2 Å². The van der Waals surface area contributed by atoms with Crippen LogP contribution in [0.3, 0.4) is 0 Å². The summed E-state index contributed by atoms with van der Waals surface area (Å²) < 4.78 is 33.6. The minimum atomic E-state index is -4.47. The Morgan fingerprint density at radius 2 is 1.52 bits per heavy atom. The van der Waals surface area contributed by atoms with E-state index in [0.717, 1.165) is 4.48 Å². The Morgan fingerprint density at radius 1 is 1.04 bits per heavy atom. The molecule has 0 saturated heterocycles. The maximum Gasteiger partial charge on any atom is 0.307 e. The van der Waals surface area contributed by atoms with E-state index in [4.69, 9.17) is 5.11 Å². The van der Waals surface area contributed by atoms with Crippen molar-refractivity contribution in [2.45, 2.75) is 11.3 Å². The zero-order chi connectivity index (χ0) is 17.8. The van der Waals surface area contributed by atoms with Gasteiger partial charge < -0.3 is 14.1 Å². The van der Waals surface area contributed by atoms with E-state index < -0.39 is 16.1 Å². The predicted molar refractivity (Wildman–Crippen MR) is 87.2 cm³/mol. The van der Waals surface area contributed by atoms with Crippen LogP contribution in [-0.2, 0) is 21.3 Å². The second-order valence-electron chi connectivity index (χ2n) is 6.55. The molecule has 0 aliphatic rings. The van der Waals surface area contributed by atoms with Crippen LogP contribution in [0.15, 0.2) is 41.3 Å². The van der Waals surface area contributed by atoms with Crippen molar-refractivity contribution in [3.63, 3.8) is 0 Å². The highest BCUT2D eigenvalue weighted by molar-refractivity contribution is 7.85. The number of quaternary nitrogens is 1. The third kappa shape index (κ3) is 7.23. The Kier molecular flexibility index (Phi) is 5.87. The molecule has 7 heteroatoms. The van der Waals surface area contributed by atoms with Crippen molar-refractivity contribution in [2.75, 3.05) is 28.2 Å². The molecule has 1 N–H and O–H groups in total. The van der Waals surface area contributed by atoms with Gasteiger partial charge in [0.05, 0.1) is 39.5 Å². The van der Waals surface area contributed by atoms with Crippen LogP contribution in [0.2, 0.25) is 0 Å². The summed E-state index contributed by atoms with van der Waals surface area (Å²) in [7, 11) is 4.03. The van der Waals surface area contributed by atoms with Gasteiger partial charge in [-0.3, -0.25) is 4.79 Å². The highest BCUT2D eigenvalue weighted by Crippen LogP contribution is 2.20. The van der Waals surface area contributed by atoms with Gasteiger partial charge in [-0.2, -0.15) is 0 Å². The predicted octanol–water partition coefficient (Wildman–Crippen LogP) is 1.69. The van der Waals surface area contributed by atoms with Crippen LogP contribution in [0.25, 0.3) is 10.8 Å².